The largest absolute Gasteiger partial charge is 0.489 e. The van der Waals surface area contributed by atoms with Crippen LogP contribution in [0.3, 0.4) is 0 Å². The number of aryl methyl sites for hydroxylation is 1. The fraction of sp³-hybridized carbons (Fsp3) is 0.344. The minimum Gasteiger partial charge on any atom is -0.489 e. The van der Waals surface area contributed by atoms with Gasteiger partial charge in [0.25, 0.3) is 0 Å². The van der Waals surface area contributed by atoms with Gasteiger partial charge in [0.1, 0.15) is 11.9 Å². The molecule has 0 bridgehead atoms. The second kappa shape index (κ2) is 12.5. The Morgan fingerprint density at radius 3 is 2.59 bits per heavy atom. The Morgan fingerprint density at radius 2 is 1.85 bits per heavy atom. The number of nitrogens with one attached hydrogen (secondary N) is 2. The number of anilines is 1. The lowest BCUT2D eigenvalue weighted by atomic mass is 9.87. The zero-order valence-electron chi connectivity index (χ0n) is 22.2. The van der Waals surface area contributed by atoms with Crippen molar-refractivity contribution >= 4 is 45.9 Å². The first-order valence-electron chi connectivity index (χ1n) is 13.6. The molecule has 0 amide bonds. The van der Waals surface area contributed by atoms with Crippen molar-refractivity contribution in [3.63, 3.8) is 0 Å². The fourth-order valence-electron chi connectivity index (χ4n) is 5.69. The molecule has 3 aromatic carbocycles. The van der Waals surface area contributed by atoms with E-state index in [9.17, 15) is 4.39 Å². The van der Waals surface area contributed by atoms with Crippen LogP contribution >= 0.6 is 23.2 Å². The van der Waals surface area contributed by atoms with Gasteiger partial charge in [-0.05, 0) is 109 Å². The molecule has 1 aliphatic carbocycles. The number of likely N-dealkylation sites (tertiary alicyclic amines) is 1. The Bertz CT molecular complexity index is 1370. The summed E-state index contributed by atoms with van der Waals surface area (Å²) < 4.78 is 18.9. The number of benzene rings is 3. The van der Waals surface area contributed by atoms with Gasteiger partial charge in [0.05, 0.1) is 12.5 Å². The molecule has 7 heteroatoms. The normalized spacial score (nSPS) is 17.6. The molecule has 0 aromatic heterocycles. The summed E-state index contributed by atoms with van der Waals surface area (Å²) in [5.41, 5.74) is 7.81. The predicted molar refractivity (Wildman–Crippen MR) is 161 cm³/mol. The molecule has 1 atom stereocenters. The zero-order valence-corrected chi connectivity index (χ0v) is 23.7. The third-order valence-electron chi connectivity index (χ3n) is 7.42. The number of allylic oxidation sites excluding steroid dienone is 1. The van der Waals surface area contributed by atoms with E-state index in [-0.39, 0.29) is 12.8 Å². The van der Waals surface area contributed by atoms with Gasteiger partial charge < -0.3 is 10.1 Å². The summed E-state index contributed by atoms with van der Waals surface area (Å²) in [5.74, 6) is 1.26. The van der Waals surface area contributed by atoms with Gasteiger partial charge in [-0.3, -0.25) is 14.7 Å². The van der Waals surface area contributed by atoms with Crippen LogP contribution in [0.15, 0.2) is 60.7 Å². The van der Waals surface area contributed by atoms with E-state index in [4.69, 9.17) is 33.3 Å². The highest BCUT2D eigenvalue weighted by atomic mass is 35.5. The number of hydrogen-bond acceptors (Lipinski definition) is 3. The molecule has 1 aliphatic heterocycles. The molecule has 1 saturated heterocycles. The minimum atomic E-state index is -0.272. The van der Waals surface area contributed by atoms with Crippen molar-refractivity contribution in [2.75, 3.05) is 31.6 Å². The number of alkyl halides is 1. The number of ether oxygens (including phenoxy) is 1. The standard InChI is InChI=1S/C32H34Cl2FN3O/c1-21(36)37-25-9-13-28-23(18-25)4-2-5-30(29-12-8-24(33)19-31(29)34)32(28)22-6-10-26(11-7-22)39-27-14-17-38(20-27)16-3-15-35/h6-13,18-19,27H,2-5,14-17,20H2,1H3,(H2,36,37)/t27-/m0/s1. The van der Waals surface area contributed by atoms with E-state index in [2.05, 4.69) is 34.5 Å². The molecule has 204 valence electrons. The first-order chi connectivity index (χ1) is 18.9. The lowest BCUT2D eigenvalue weighted by molar-refractivity contribution is 0.198. The van der Waals surface area contributed by atoms with Crippen LogP contribution in [-0.2, 0) is 6.42 Å². The third-order valence-corrected chi connectivity index (χ3v) is 7.97. The molecule has 4 nitrogen and oxygen atoms in total. The number of amidine groups is 1. The van der Waals surface area contributed by atoms with Gasteiger partial charge in [-0.15, -0.1) is 0 Å². The Balaban J connectivity index is 1.50. The Labute approximate surface area is 240 Å². The van der Waals surface area contributed by atoms with E-state index in [1.807, 2.05) is 36.4 Å². The molecule has 5 rings (SSSR count). The van der Waals surface area contributed by atoms with Gasteiger partial charge in [-0.1, -0.05) is 47.5 Å². The average Bonchev–Trinajstić information content (AvgIpc) is 3.27. The maximum atomic E-state index is 12.6. The summed E-state index contributed by atoms with van der Waals surface area (Å²) in [6.07, 6.45) is 4.46. The lowest BCUT2D eigenvalue weighted by Crippen LogP contribution is -2.26. The molecule has 0 unspecified atom stereocenters. The van der Waals surface area contributed by atoms with E-state index < -0.39 is 0 Å². The molecule has 1 heterocycles. The maximum Gasteiger partial charge on any atom is 0.119 e. The highest BCUT2D eigenvalue weighted by Gasteiger charge is 2.25. The SMILES string of the molecule is CC(=N)Nc1ccc2c(c1)CCCC(c1ccc(Cl)cc1Cl)=C2c1ccc(O[C@H]2CCN(CCCF)C2)cc1. The van der Waals surface area contributed by atoms with Crippen molar-refractivity contribution < 1.29 is 9.13 Å². The van der Waals surface area contributed by atoms with Gasteiger partial charge in [0.15, 0.2) is 0 Å². The molecule has 0 spiro atoms. The van der Waals surface area contributed by atoms with E-state index >= 15 is 0 Å². The lowest BCUT2D eigenvalue weighted by Gasteiger charge is -2.19. The summed E-state index contributed by atoms with van der Waals surface area (Å²) in [5, 5.41) is 12.2. The smallest absolute Gasteiger partial charge is 0.119 e. The van der Waals surface area contributed by atoms with Gasteiger partial charge in [-0.25, -0.2) is 0 Å². The summed E-state index contributed by atoms with van der Waals surface area (Å²) >= 11 is 13.0. The maximum absolute atomic E-state index is 12.6. The molecule has 0 saturated carbocycles. The van der Waals surface area contributed by atoms with E-state index in [0.717, 1.165) is 73.5 Å². The number of halogens is 3. The minimum absolute atomic E-state index is 0.125. The number of fused-ring (bicyclic) bond motifs is 1. The molecule has 2 N–H and O–H groups in total. The van der Waals surface area contributed by atoms with Crippen LogP contribution < -0.4 is 10.1 Å². The van der Waals surface area contributed by atoms with Crippen molar-refractivity contribution in [3.05, 3.63) is 93.0 Å². The molecule has 39 heavy (non-hydrogen) atoms. The molecular weight excluding hydrogens is 532 g/mol. The first kappa shape index (κ1) is 27.7. The Hall–Kier alpha value is -2.86. The van der Waals surface area contributed by atoms with Crippen LogP contribution in [0, 0.1) is 5.41 Å². The van der Waals surface area contributed by atoms with E-state index in [1.54, 1.807) is 6.92 Å². The van der Waals surface area contributed by atoms with E-state index in [0.29, 0.717) is 22.3 Å². The second-order valence-electron chi connectivity index (χ2n) is 10.3. The molecule has 3 aromatic rings. The van der Waals surface area contributed by atoms with Crippen molar-refractivity contribution in [2.45, 2.75) is 45.1 Å². The third kappa shape index (κ3) is 6.66. The Morgan fingerprint density at radius 1 is 1.05 bits per heavy atom. The van der Waals surface area contributed by atoms with Crippen molar-refractivity contribution in [1.82, 2.24) is 4.90 Å². The van der Waals surface area contributed by atoms with Gasteiger partial charge in [0.2, 0.25) is 0 Å². The van der Waals surface area contributed by atoms with Crippen LogP contribution in [-0.4, -0.2) is 43.1 Å². The highest BCUT2D eigenvalue weighted by molar-refractivity contribution is 6.36. The van der Waals surface area contributed by atoms with Crippen molar-refractivity contribution in [2.24, 2.45) is 0 Å². The zero-order chi connectivity index (χ0) is 27.4. The highest BCUT2D eigenvalue weighted by Crippen LogP contribution is 2.43. The molecular formula is C32H34Cl2FN3O. The summed E-state index contributed by atoms with van der Waals surface area (Å²) in [4.78, 5) is 2.27. The second-order valence-corrected chi connectivity index (χ2v) is 11.2. The van der Waals surface area contributed by atoms with Crippen molar-refractivity contribution in [3.8, 4) is 5.75 Å². The van der Waals surface area contributed by atoms with Gasteiger partial charge in [0, 0.05) is 35.4 Å². The van der Waals surface area contributed by atoms with Crippen LogP contribution in [0.2, 0.25) is 10.0 Å². The van der Waals surface area contributed by atoms with Crippen LogP contribution in [0.1, 0.15) is 54.9 Å². The summed E-state index contributed by atoms with van der Waals surface area (Å²) in [7, 11) is 0. The Kier molecular flexibility index (Phi) is 8.91. The summed E-state index contributed by atoms with van der Waals surface area (Å²) in [6.45, 7) is 4.05. The number of rotatable bonds is 8. The van der Waals surface area contributed by atoms with Gasteiger partial charge in [-0.2, -0.15) is 0 Å². The van der Waals surface area contributed by atoms with Gasteiger partial charge >= 0.3 is 0 Å². The average molecular weight is 567 g/mol. The molecule has 2 aliphatic rings. The van der Waals surface area contributed by atoms with Crippen LogP contribution in [0.4, 0.5) is 10.1 Å². The van der Waals surface area contributed by atoms with E-state index in [1.165, 1.54) is 16.7 Å². The topological polar surface area (TPSA) is 48.4 Å². The quantitative estimate of drug-likeness (QED) is 0.212. The molecule has 0 radical (unpaired) electrons. The monoisotopic (exact) mass is 565 g/mol. The fourth-order valence-corrected chi connectivity index (χ4v) is 6.21. The van der Waals surface area contributed by atoms with Crippen LogP contribution in [0.25, 0.3) is 11.1 Å². The first-order valence-corrected chi connectivity index (χ1v) is 14.4. The predicted octanol–water partition coefficient (Wildman–Crippen LogP) is 8.51. The van der Waals surface area contributed by atoms with Crippen molar-refractivity contribution in [1.29, 1.82) is 5.41 Å². The molecule has 1 fully saturated rings. The van der Waals surface area contributed by atoms with Crippen LogP contribution in [0.5, 0.6) is 5.75 Å². The number of hydrogen-bond donors (Lipinski definition) is 2. The number of nitrogens with zero attached hydrogens (tertiary/aromatic N) is 1. The summed E-state index contributed by atoms with van der Waals surface area (Å²) in [6, 6.07) is 20.4.